The predicted octanol–water partition coefficient (Wildman–Crippen LogP) is 5.13. The lowest BCUT2D eigenvalue weighted by molar-refractivity contribution is -0.190. The van der Waals surface area contributed by atoms with E-state index < -0.39 is 11.7 Å². The fourth-order valence-electron chi connectivity index (χ4n) is 4.72. The standard InChI is InChI=1S/C22H22F4N2O/c1-14(19(29)28-18-7-5-17(23)6-8-18)20-11-21(12-20,13-20)27-10-15-3-2-4-16(9-15)22(24,25)26/h2-9,14,27H,10-13H2,1H3,(H,28,29)/t14-,20?,21?/m1/s1. The van der Waals surface area contributed by atoms with Crippen molar-refractivity contribution < 1.29 is 22.4 Å². The Labute approximate surface area is 166 Å². The zero-order chi connectivity index (χ0) is 20.9. The molecule has 1 atom stereocenters. The van der Waals surface area contributed by atoms with Crippen LogP contribution in [0.2, 0.25) is 0 Å². The number of carbonyl (C=O) groups excluding carboxylic acids is 1. The van der Waals surface area contributed by atoms with E-state index in [4.69, 9.17) is 0 Å². The van der Waals surface area contributed by atoms with Crippen LogP contribution < -0.4 is 10.6 Å². The van der Waals surface area contributed by atoms with Crippen LogP contribution in [0.4, 0.5) is 23.2 Å². The number of hydrogen-bond donors (Lipinski definition) is 2. The molecule has 2 bridgehead atoms. The molecule has 0 aromatic heterocycles. The summed E-state index contributed by atoms with van der Waals surface area (Å²) in [4.78, 5) is 12.5. The molecule has 0 unspecified atom stereocenters. The van der Waals surface area contributed by atoms with E-state index in [9.17, 15) is 22.4 Å². The van der Waals surface area contributed by atoms with Crippen LogP contribution in [-0.4, -0.2) is 11.4 Å². The van der Waals surface area contributed by atoms with E-state index in [1.807, 2.05) is 6.92 Å². The second-order valence-electron chi connectivity index (χ2n) is 8.44. The number of nitrogens with one attached hydrogen (secondary N) is 2. The molecule has 1 amide bonds. The van der Waals surface area contributed by atoms with Crippen molar-refractivity contribution in [3.05, 3.63) is 65.5 Å². The first kappa shape index (κ1) is 19.9. The van der Waals surface area contributed by atoms with Crippen molar-refractivity contribution in [1.82, 2.24) is 5.32 Å². The van der Waals surface area contributed by atoms with Gasteiger partial charge in [-0.3, -0.25) is 4.79 Å². The monoisotopic (exact) mass is 406 g/mol. The zero-order valence-corrected chi connectivity index (χ0v) is 15.9. The molecule has 3 saturated carbocycles. The van der Waals surface area contributed by atoms with Gasteiger partial charge in [-0.2, -0.15) is 13.2 Å². The Morgan fingerprint density at radius 3 is 2.38 bits per heavy atom. The van der Waals surface area contributed by atoms with Crippen molar-refractivity contribution in [3.8, 4) is 0 Å². The topological polar surface area (TPSA) is 41.1 Å². The maximum atomic E-state index is 13.0. The van der Waals surface area contributed by atoms with Gasteiger partial charge in [0.1, 0.15) is 5.82 Å². The largest absolute Gasteiger partial charge is 0.416 e. The summed E-state index contributed by atoms with van der Waals surface area (Å²) >= 11 is 0. The molecule has 0 heterocycles. The number of halogens is 4. The highest BCUT2D eigenvalue weighted by atomic mass is 19.4. The number of rotatable bonds is 6. The molecule has 3 aliphatic rings. The first-order valence-corrected chi connectivity index (χ1v) is 9.59. The normalized spacial score (nSPS) is 26.2. The van der Waals surface area contributed by atoms with E-state index >= 15 is 0 Å². The highest BCUT2D eigenvalue weighted by Gasteiger charge is 2.70. The molecule has 0 spiro atoms. The smallest absolute Gasteiger partial charge is 0.326 e. The predicted molar refractivity (Wildman–Crippen MR) is 101 cm³/mol. The van der Waals surface area contributed by atoms with Crippen LogP contribution in [0.5, 0.6) is 0 Å². The van der Waals surface area contributed by atoms with Crippen LogP contribution in [0.1, 0.15) is 37.3 Å². The molecule has 2 N–H and O–H groups in total. The lowest BCUT2D eigenvalue weighted by Gasteiger charge is -2.73. The van der Waals surface area contributed by atoms with Gasteiger partial charge in [-0.05, 0) is 60.6 Å². The summed E-state index contributed by atoms with van der Waals surface area (Å²) in [5, 5.41) is 6.22. The van der Waals surface area contributed by atoms with Gasteiger partial charge in [-0.1, -0.05) is 25.1 Å². The number of alkyl halides is 3. The maximum Gasteiger partial charge on any atom is 0.416 e. The Hall–Kier alpha value is -2.41. The van der Waals surface area contributed by atoms with Crippen LogP contribution in [0.25, 0.3) is 0 Å². The molecule has 3 fully saturated rings. The summed E-state index contributed by atoms with van der Waals surface area (Å²) in [7, 11) is 0. The minimum absolute atomic E-state index is 0.0646. The van der Waals surface area contributed by atoms with Gasteiger partial charge in [-0.25, -0.2) is 4.39 Å². The molecule has 3 nitrogen and oxygen atoms in total. The van der Waals surface area contributed by atoms with Gasteiger partial charge in [0.2, 0.25) is 5.91 Å². The van der Waals surface area contributed by atoms with Gasteiger partial charge in [0.25, 0.3) is 0 Å². The van der Waals surface area contributed by atoms with E-state index in [1.165, 1.54) is 36.4 Å². The Bertz CT molecular complexity index is 903. The zero-order valence-electron chi connectivity index (χ0n) is 15.9. The molecule has 0 saturated heterocycles. The first-order valence-electron chi connectivity index (χ1n) is 9.59. The molecule has 0 aliphatic heterocycles. The number of amides is 1. The van der Waals surface area contributed by atoms with Gasteiger partial charge in [0.15, 0.2) is 0 Å². The van der Waals surface area contributed by atoms with Gasteiger partial charge in [0, 0.05) is 23.7 Å². The molecular weight excluding hydrogens is 384 g/mol. The summed E-state index contributed by atoms with van der Waals surface area (Å²) < 4.78 is 51.5. The summed E-state index contributed by atoms with van der Waals surface area (Å²) in [5.74, 6) is -0.642. The van der Waals surface area contributed by atoms with Crippen LogP contribution in [0.3, 0.4) is 0 Å². The number of hydrogen-bond acceptors (Lipinski definition) is 2. The molecular formula is C22H22F4N2O. The van der Waals surface area contributed by atoms with Crippen molar-refractivity contribution in [2.24, 2.45) is 11.3 Å². The van der Waals surface area contributed by atoms with Crippen molar-refractivity contribution in [2.45, 2.75) is 44.4 Å². The number of anilines is 1. The second-order valence-corrected chi connectivity index (χ2v) is 8.44. The average Bonchev–Trinajstić information content (AvgIpc) is 2.60. The minimum Gasteiger partial charge on any atom is -0.326 e. The average molecular weight is 406 g/mol. The Morgan fingerprint density at radius 2 is 1.76 bits per heavy atom. The van der Waals surface area contributed by atoms with Crippen LogP contribution in [0, 0.1) is 17.2 Å². The van der Waals surface area contributed by atoms with Gasteiger partial charge < -0.3 is 10.6 Å². The molecule has 154 valence electrons. The molecule has 3 aliphatic carbocycles. The number of carbonyl (C=O) groups is 1. The third kappa shape index (κ3) is 3.75. The van der Waals surface area contributed by atoms with Gasteiger partial charge in [0.05, 0.1) is 5.56 Å². The van der Waals surface area contributed by atoms with E-state index in [0.717, 1.165) is 25.3 Å². The molecule has 2 aromatic rings. The van der Waals surface area contributed by atoms with E-state index in [-0.39, 0.29) is 28.6 Å². The molecule has 29 heavy (non-hydrogen) atoms. The van der Waals surface area contributed by atoms with Crippen molar-refractivity contribution in [1.29, 1.82) is 0 Å². The molecule has 5 rings (SSSR count). The van der Waals surface area contributed by atoms with Crippen molar-refractivity contribution in [2.75, 3.05) is 5.32 Å². The fourth-order valence-corrected chi connectivity index (χ4v) is 4.72. The van der Waals surface area contributed by atoms with Crippen LogP contribution in [0.15, 0.2) is 48.5 Å². The van der Waals surface area contributed by atoms with Gasteiger partial charge >= 0.3 is 6.18 Å². The maximum absolute atomic E-state index is 13.0. The molecule has 2 aromatic carbocycles. The Balaban J connectivity index is 1.30. The summed E-state index contributed by atoms with van der Waals surface area (Å²) in [6.07, 6.45) is -1.85. The summed E-state index contributed by atoms with van der Waals surface area (Å²) in [6, 6.07) is 11.0. The highest BCUT2D eigenvalue weighted by Crippen LogP contribution is 2.70. The SMILES string of the molecule is C[C@H](C(=O)Nc1ccc(F)cc1)C12CC(NCc3cccc(C(F)(F)F)c3)(C1)C2. The lowest BCUT2D eigenvalue weighted by Crippen LogP contribution is -2.76. The fraction of sp³-hybridized carbons (Fsp3) is 0.409. The third-order valence-corrected chi connectivity index (χ3v) is 6.42. The van der Waals surface area contributed by atoms with Crippen molar-refractivity contribution >= 4 is 11.6 Å². The van der Waals surface area contributed by atoms with Crippen LogP contribution >= 0.6 is 0 Å². The van der Waals surface area contributed by atoms with Crippen LogP contribution in [-0.2, 0) is 17.5 Å². The quantitative estimate of drug-likeness (QED) is 0.653. The minimum atomic E-state index is -4.34. The van der Waals surface area contributed by atoms with E-state index in [0.29, 0.717) is 17.8 Å². The number of benzene rings is 2. The molecule has 0 radical (unpaired) electrons. The molecule has 7 heteroatoms. The van der Waals surface area contributed by atoms with E-state index in [2.05, 4.69) is 10.6 Å². The van der Waals surface area contributed by atoms with E-state index in [1.54, 1.807) is 6.07 Å². The van der Waals surface area contributed by atoms with Gasteiger partial charge in [-0.15, -0.1) is 0 Å². The Morgan fingerprint density at radius 1 is 1.10 bits per heavy atom. The first-order chi connectivity index (χ1) is 13.6. The lowest BCUT2D eigenvalue weighted by atomic mass is 9.36. The Kier molecular flexibility index (Phi) is 4.69. The van der Waals surface area contributed by atoms with Crippen molar-refractivity contribution in [3.63, 3.8) is 0 Å². The summed E-state index contributed by atoms with van der Waals surface area (Å²) in [6.45, 7) is 2.27. The summed E-state index contributed by atoms with van der Waals surface area (Å²) in [5.41, 5.74) is 0.369. The highest BCUT2D eigenvalue weighted by molar-refractivity contribution is 5.93. The second kappa shape index (κ2) is 6.83. The third-order valence-electron chi connectivity index (χ3n) is 6.42.